The third-order valence-electron chi connectivity index (χ3n) is 3.26. The molecule has 1 N–H and O–H groups in total. The second-order valence-electron chi connectivity index (χ2n) is 4.91. The number of carbonyl (C=O) groups excluding carboxylic acids is 2. The minimum Gasteiger partial charge on any atom is -0.465 e. The average Bonchev–Trinajstić information content (AvgIpc) is 3.15. The Balaban J connectivity index is 1.88. The van der Waals surface area contributed by atoms with Crippen molar-refractivity contribution in [3.05, 3.63) is 58.1 Å². The Hall–Kier alpha value is -2.91. The molecule has 0 saturated heterocycles. The van der Waals surface area contributed by atoms with E-state index in [1.54, 1.807) is 24.5 Å². The number of amides is 1. The molecule has 132 valence electrons. The standard InChI is InChI=1S/C16H10ClFN4O3S/c1-25-16(24)9-6-11(18)10(17)7-12(9)20-13(23)15-22-21-14(26-15)8-2-4-19-5-3-8/h2-7H,1H3,(H,20,23). The fourth-order valence-electron chi connectivity index (χ4n) is 2.03. The molecule has 0 atom stereocenters. The number of anilines is 1. The molecule has 10 heteroatoms. The third kappa shape index (κ3) is 3.68. The molecule has 26 heavy (non-hydrogen) atoms. The predicted molar refractivity (Wildman–Crippen MR) is 93.8 cm³/mol. The fraction of sp³-hybridized carbons (Fsp3) is 0.0625. The molecule has 1 aromatic carbocycles. The van der Waals surface area contributed by atoms with Crippen LogP contribution in [-0.2, 0) is 4.74 Å². The zero-order valence-corrected chi connectivity index (χ0v) is 14.8. The molecular formula is C16H10ClFN4O3S. The summed E-state index contributed by atoms with van der Waals surface area (Å²) < 4.78 is 18.2. The van der Waals surface area contributed by atoms with Gasteiger partial charge >= 0.3 is 5.97 Å². The summed E-state index contributed by atoms with van der Waals surface area (Å²) >= 11 is 6.79. The Kier molecular flexibility index (Phi) is 5.19. The Bertz CT molecular complexity index is 981. The van der Waals surface area contributed by atoms with Gasteiger partial charge in [0.25, 0.3) is 5.91 Å². The first-order valence-corrected chi connectivity index (χ1v) is 8.31. The monoisotopic (exact) mass is 392 g/mol. The number of carbonyl (C=O) groups is 2. The van der Waals surface area contributed by atoms with E-state index in [0.717, 1.165) is 36.1 Å². The number of pyridine rings is 1. The van der Waals surface area contributed by atoms with Crippen LogP contribution in [0, 0.1) is 5.82 Å². The lowest BCUT2D eigenvalue weighted by Gasteiger charge is -2.09. The van der Waals surface area contributed by atoms with E-state index in [4.69, 9.17) is 11.6 Å². The van der Waals surface area contributed by atoms with E-state index in [2.05, 4.69) is 25.2 Å². The highest BCUT2D eigenvalue weighted by Gasteiger charge is 2.20. The lowest BCUT2D eigenvalue weighted by molar-refractivity contribution is 0.0601. The highest BCUT2D eigenvalue weighted by atomic mass is 35.5. The molecule has 2 heterocycles. The Morgan fingerprint density at radius 1 is 1.23 bits per heavy atom. The molecule has 0 aliphatic carbocycles. The molecule has 0 unspecified atom stereocenters. The van der Waals surface area contributed by atoms with Gasteiger partial charge < -0.3 is 10.1 Å². The van der Waals surface area contributed by atoms with E-state index in [0.29, 0.717) is 5.01 Å². The van der Waals surface area contributed by atoms with Crippen LogP contribution in [0.4, 0.5) is 10.1 Å². The molecule has 0 radical (unpaired) electrons. The fourth-order valence-corrected chi connectivity index (χ4v) is 2.94. The summed E-state index contributed by atoms with van der Waals surface area (Å²) in [5.41, 5.74) is 0.604. The summed E-state index contributed by atoms with van der Waals surface area (Å²) in [5.74, 6) is -2.23. The smallest absolute Gasteiger partial charge is 0.340 e. The van der Waals surface area contributed by atoms with Crippen molar-refractivity contribution in [1.29, 1.82) is 0 Å². The van der Waals surface area contributed by atoms with Gasteiger partial charge in [-0.2, -0.15) is 0 Å². The van der Waals surface area contributed by atoms with Gasteiger partial charge in [-0.15, -0.1) is 10.2 Å². The Morgan fingerprint density at radius 3 is 2.65 bits per heavy atom. The van der Waals surface area contributed by atoms with E-state index in [-0.39, 0.29) is 21.3 Å². The van der Waals surface area contributed by atoms with Crippen molar-refractivity contribution in [1.82, 2.24) is 15.2 Å². The summed E-state index contributed by atoms with van der Waals surface area (Å²) in [7, 11) is 1.15. The largest absolute Gasteiger partial charge is 0.465 e. The zero-order valence-electron chi connectivity index (χ0n) is 13.2. The molecule has 0 aliphatic rings. The van der Waals surface area contributed by atoms with Crippen LogP contribution in [-0.4, -0.2) is 34.2 Å². The van der Waals surface area contributed by atoms with Crippen molar-refractivity contribution in [3.8, 4) is 10.6 Å². The maximum atomic E-state index is 13.6. The van der Waals surface area contributed by atoms with Crippen molar-refractivity contribution >= 4 is 40.5 Å². The van der Waals surface area contributed by atoms with Crippen LogP contribution in [0.5, 0.6) is 0 Å². The van der Waals surface area contributed by atoms with E-state index < -0.39 is 17.7 Å². The number of rotatable bonds is 4. The van der Waals surface area contributed by atoms with Gasteiger partial charge in [0.2, 0.25) is 5.01 Å². The third-order valence-corrected chi connectivity index (χ3v) is 4.52. The van der Waals surface area contributed by atoms with Crippen LogP contribution in [0.1, 0.15) is 20.2 Å². The SMILES string of the molecule is COC(=O)c1cc(F)c(Cl)cc1NC(=O)c1nnc(-c2ccncc2)s1. The van der Waals surface area contributed by atoms with E-state index in [1.807, 2.05) is 0 Å². The molecular weight excluding hydrogens is 383 g/mol. The molecule has 2 aromatic heterocycles. The van der Waals surface area contributed by atoms with E-state index >= 15 is 0 Å². The number of benzene rings is 1. The molecule has 3 aromatic rings. The lowest BCUT2D eigenvalue weighted by atomic mass is 10.1. The second-order valence-corrected chi connectivity index (χ2v) is 6.29. The summed E-state index contributed by atoms with van der Waals surface area (Å²) in [6.45, 7) is 0. The first-order chi connectivity index (χ1) is 12.5. The summed E-state index contributed by atoms with van der Waals surface area (Å²) in [5, 5.41) is 10.6. The van der Waals surface area contributed by atoms with Crippen LogP contribution in [0.25, 0.3) is 10.6 Å². The maximum Gasteiger partial charge on any atom is 0.340 e. The predicted octanol–water partition coefficient (Wildman–Crippen LogP) is 3.43. The van der Waals surface area contributed by atoms with Crippen LogP contribution < -0.4 is 5.32 Å². The van der Waals surface area contributed by atoms with Crippen molar-refractivity contribution in [2.45, 2.75) is 0 Å². The van der Waals surface area contributed by atoms with Crippen LogP contribution >= 0.6 is 22.9 Å². The molecule has 0 bridgehead atoms. The number of nitrogens with zero attached hydrogens (tertiary/aromatic N) is 3. The van der Waals surface area contributed by atoms with Gasteiger partial charge in [0, 0.05) is 18.0 Å². The number of aromatic nitrogens is 3. The number of halogens is 2. The normalized spacial score (nSPS) is 10.4. The number of esters is 1. The maximum absolute atomic E-state index is 13.6. The van der Waals surface area contributed by atoms with Crippen LogP contribution in [0.2, 0.25) is 5.02 Å². The summed E-state index contributed by atoms with van der Waals surface area (Å²) in [6, 6.07) is 5.49. The minimum absolute atomic E-state index is 0.00825. The average molecular weight is 393 g/mol. The first-order valence-electron chi connectivity index (χ1n) is 7.12. The molecule has 0 aliphatic heterocycles. The van der Waals surface area contributed by atoms with Crippen molar-refractivity contribution in [3.63, 3.8) is 0 Å². The summed E-state index contributed by atoms with van der Waals surface area (Å²) in [6.07, 6.45) is 3.19. The number of methoxy groups -OCH3 is 1. The van der Waals surface area contributed by atoms with Crippen LogP contribution in [0.15, 0.2) is 36.7 Å². The Labute approximate surface area is 155 Å². The first kappa shape index (κ1) is 17.9. The second kappa shape index (κ2) is 7.54. The number of nitrogens with one attached hydrogen (secondary N) is 1. The number of hydrogen-bond donors (Lipinski definition) is 1. The zero-order chi connectivity index (χ0) is 18.7. The molecule has 0 saturated carbocycles. The minimum atomic E-state index is -0.814. The van der Waals surface area contributed by atoms with Crippen molar-refractivity contribution in [2.75, 3.05) is 12.4 Å². The number of hydrogen-bond acceptors (Lipinski definition) is 7. The van der Waals surface area contributed by atoms with Gasteiger partial charge in [0.15, 0.2) is 0 Å². The molecule has 3 rings (SSSR count). The van der Waals surface area contributed by atoms with E-state index in [9.17, 15) is 14.0 Å². The quantitative estimate of drug-likeness (QED) is 0.683. The topological polar surface area (TPSA) is 94.1 Å². The molecule has 7 nitrogen and oxygen atoms in total. The van der Waals surface area contributed by atoms with Crippen molar-refractivity contribution in [2.24, 2.45) is 0 Å². The van der Waals surface area contributed by atoms with Gasteiger partial charge in [0.1, 0.15) is 10.8 Å². The van der Waals surface area contributed by atoms with E-state index in [1.165, 1.54) is 0 Å². The van der Waals surface area contributed by atoms with Crippen molar-refractivity contribution < 1.29 is 18.7 Å². The number of ether oxygens (including phenoxy) is 1. The van der Waals surface area contributed by atoms with Crippen LogP contribution in [0.3, 0.4) is 0 Å². The summed E-state index contributed by atoms with van der Waals surface area (Å²) in [4.78, 5) is 28.1. The highest BCUT2D eigenvalue weighted by Crippen LogP contribution is 2.27. The Morgan fingerprint density at radius 2 is 1.96 bits per heavy atom. The van der Waals surface area contributed by atoms with Gasteiger partial charge in [-0.3, -0.25) is 9.78 Å². The van der Waals surface area contributed by atoms with Gasteiger partial charge in [-0.1, -0.05) is 22.9 Å². The van der Waals surface area contributed by atoms with Gasteiger partial charge in [-0.25, -0.2) is 9.18 Å². The van der Waals surface area contributed by atoms with Gasteiger partial charge in [-0.05, 0) is 24.3 Å². The lowest BCUT2D eigenvalue weighted by Crippen LogP contribution is -2.15. The molecule has 1 amide bonds. The molecule has 0 fully saturated rings. The molecule has 0 spiro atoms. The van der Waals surface area contributed by atoms with Gasteiger partial charge in [0.05, 0.1) is 23.4 Å². The highest BCUT2D eigenvalue weighted by molar-refractivity contribution is 7.16.